The van der Waals surface area contributed by atoms with Crippen molar-refractivity contribution < 1.29 is 0 Å². The van der Waals surface area contributed by atoms with Crippen molar-refractivity contribution in [1.29, 1.82) is 0 Å². The predicted molar refractivity (Wildman–Crippen MR) is 76.7 cm³/mol. The van der Waals surface area contributed by atoms with Crippen molar-refractivity contribution in [2.24, 2.45) is 5.73 Å². The first kappa shape index (κ1) is 12.6. The van der Waals surface area contributed by atoms with Crippen LogP contribution in [0.25, 0.3) is 11.3 Å². The molecule has 1 aromatic carbocycles. The zero-order valence-electron chi connectivity index (χ0n) is 10.1. The van der Waals surface area contributed by atoms with E-state index in [1.54, 1.807) is 0 Å². The number of hydrogen-bond donors (Lipinski definition) is 2. The van der Waals surface area contributed by atoms with Crippen LogP contribution in [0.3, 0.4) is 0 Å². The molecular formula is C13H15N3OS. The molecule has 0 saturated heterocycles. The summed E-state index contributed by atoms with van der Waals surface area (Å²) >= 11 is 4.87. The third-order valence-electron chi connectivity index (χ3n) is 2.77. The molecular weight excluding hydrogens is 246 g/mol. The van der Waals surface area contributed by atoms with E-state index in [1.165, 1.54) is 4.68 Å². The Bertz CT molecular complexity index is 613. The van der Waals surface area contributed by atoms with Gasteiger partial charge in [-0.05, 0) is 24.2 Å². The number of aromatic amines is 1. The average molecular weight is 261 g/mol. The summed E-state index contributed by atoms with van der Waals surface area (Å²) in [4.78, 5) is 12.2. The number of thiocarbonyl (C=S) groups is 1. The van der Waals surface area contributed by atoms with Crippen LogP contribution in [0.4, 0.5) is 0 Å². The third-order valence-corrected chi connectivity index (χ3v) is 2.95. The summed E-state index contributed by atoms with van der Waals surface area (Å²) in [5.74, 6) is 0. The van der Waals surface area contributed by atoms with Gasteiger partial charge in [-0.2, -0.15) is 4.68 Å². The molecule has 2 aromatic rings. The Morgan fingerprint density at radius 2 is 2.06 bits per heavy atom. The van der Waals surface area contributed by atoms with Crippen molar-refractivity contribution in [2.75, 3.05) is 0 Å². The number of nitrogens with two attached hydrogens (primary N) is 1. The van der Waals surface area contributed by atoms with Gasteiger partial charge in [-0.3, -0.25) is 9.89 Å². The summed E-state index contributed by atoms with van der Waals surface area (Å²) in [6, 6.07) is 9.71. The topological polar surface area (TPSA) is 63.8 Å². The van der Waals surface area contributed by atoms with Crippen LogP contribution in [0.1, 0.15) is 18.9 Å². The molecule has 0 unspecified atom stereocenters. The molecule has 0 amide bonds. The number of H-pyrrole nitrogens is 1. The van der Waals surface area contributed by atoms with E-state index in [2.05, 4.69) is 5.10 Å². The van der Waals surface area contributed by atoms with E-state index in [0.29, 0.717) is 6.42 Å². The highest BCUT2D eigenvalue weighted by Gasteiger charge is 2.15. The van der Waals surface area contributed by atoms with E-state index < -0.39 is 0 Å². The number of nitrogens with zero attached hydrogens (tertiary/aromatic N) is 1. The summed E-state index contributed by atoms with van der Waals surface area (Å²) in [5, 5.41) is 3.03. The smallest absolute Gasteiger partial charge is 0.277 e. The molecule has 0 fully saturated rings. The molecule has 1 aromatic heterocycles. The molecule has 1 heterocycles. The number of aromatic nitrogens is 2. The first-order valence-corrected chi connectivity index (χ1v) is 6.25. The van der Waals surface area contributed by atoms with Crippen LogP contribution in [-0.2, 0) is 6.42 Å². The summed E-state index contributed by atoms with van der Waals surface area (Å²) in [6.45, 7) is 2.03. The van der Waals surface area contributed by atoms with Gasteiger partial charge in [0.05, 0.1) is 5.69 Å². The quantitative estimate of drug-likeness (QED) is 0.829. The Kier molecular flexibility index (Phi) is 3.62. The lowest BCUT2D eigenvalue weighted by Gasteiger charge is -2.00. The Balaban J connectivity index is 2.63. The van der Waals surface area contributed by atoms with E-state index in [9.17, 15) is 4.79 Å². The maximum absolute atomic E-state index is 12.2. The zero-order chi connectivity index (χ0) is 13.1. The lowest BCUT2D eigenvalue weighted by atomic mass is 10.1. The highest BCUT2D eigenvalue weighted by Crippen LogP contribution is 2.20. The highest BCUT2D eigenvalue weighted by atomic mass is 32.1. The van der Waals surface area contributed by atoms with E-state index in [1.807, 2.05) is 37.3 Å². The van der Waals surface area contributed by atoms with Gasteiger partial charge in [0.2, 0.25) is 0 Å². The monoisotopic (exact) mass is 261 g/mol. The van der Waals surface area contributed by atoms with Gasteiger partial charge >= 0.3 is 0 Å². The first-order chi connectivity index (χ1) is 8.65. The van der Waals surface area contributed by atoms with Crippen LogP contribution in [0.2, 0.25) is 0 Å². The fourth-order valence-electron chi connectivity index (χ4n) is 1.95. The van der Waals surface area contributed by atoms with E-state index in [-0.39, 0.29) is 10.7 Å². The fourth-order valence-corrected chi connectivity index (χ4v) is 2.08. The summed E-state index contributed by atoms with van der Waals surface area (Å²) in [5.41, 5.74) is 7.88. The molecule has 0 atom stereocenters. The molecule has 0 aliphatic heterocycles. The van der Waals surface area contributed by atoms with Crippen LogP contribution in [0.5, 0.6) is 0 Å². The largest absolute Gasteiger partial charge is 0.374 e. The van der Waals surface area contributed by atoms with Crippen molar-refractivity contribution in [3.05, 3.63) is 46.2 Å². The molecule has 0 bridgehead atoms. The minimum Gasteiger partial charge on any atom is -0.374 e. The Morgan fingerprint density at radius 1 is 1.39 bits per heavy atom. The molecule has 0 spiro atoms. The SMILES string of the molecule is CCCc1c(-c2ccccc2)[nH]n(C(N)=S)c1=O. The lowest BCUT2D eigenvalue weighted by molar-refractivity contribution is 0.887. The molecule has 94 valence electrons. The van der Waals surface area contributed by atoms with E-state index in [4.69, 9.17) is 18.0 Å². The third kappa shape index (κ3) is 2.22. The number of rotatable bonds is 3. The Hall–Kier alpha value is -1.88. The van der Waals surface area contributed by atoms with Crippen molar-refractivity contribution in [2.45, 2.75) is 19.8 Å². The molecule has 4 nitrogen and oxygen atoms in total. The van der Waals surface area contributed by atoms with Crippen LogP contribution < -0.4 is 11.3 Å². The molecule has 0 saturated carbocycles. The number of benzene rings is 1. The molecule has 5 heteroatoms. The molecule has 3 N–H and O–H groups in total. The van der Waals surface area contributed by atoms with Gasteiger partial charge < -0.3 is 5.73 Å². The van der Waals surface area contributed by atoms with Gasteiger partial charge in [0, 0.05) is 5.56 Å². The van der Waals surface area contributed by atoms with Crippen LogP contribution in [0, 0.1) is 0 Å². The Morgan fingerprint density at radius 3 is 2.61 bits per heavy atom. The summed E-state index contributed by atoms with van der Waals surface area (Å²) < 4.78 is 1.22. The Labute approximate surface area is 110 Å². The van der Waals surface area contributed by atoms with Gasteiger partial charge in [0.1, 0.15) is 0 Å². The minimum atomic E-state index is -0.150. The zero-order valence-corrected chi connectivity index (χ0v) is 11.0. The van der Waals surface area contributed by atoms with E-state index in [0.717, 1.165) is 23.2 Å². The van der Waals surface area contributed by atoms with Gasteiger partial charge in [-0.25, -0.2) is 0 Å². The maximum atomic E-state index is 12.2. The molecule has 18 heavy (non-hydrogen) atoms. The van der Waals surface area contributed by atoms with E-state index >= 15 is 0 Å². The second kappa shape index (κ2) is 5.18. The number of nitrogens with one attached hydrogen (secondary N) is 1. The summed E-state index contributed by atoms with van der Waals surface area (Å²) in [7, 11) is 0. The minimum absolute atomic E-state index is 0.0412. The maximum Gasteiger partial charge on any atom is 0.277 e. The standard InChI is InChI=1S/C13H15N3OS/c1-2-6-10-11(9-7-4-3-5-8-9)15-16(12(10)17)13(14)18/h3-5,7-8,15H,2,6H2,1H3,(H2,14,18). The van der Waals surface area contributed by atoms with Crippen molar-refractivity contribution in [3.63, 3.8) is 0 Å². The molecule has 0 aliphatic rings. The van der Waals surface area contributed by atoms with Crippen molar-refractivity contribution in [3.8, 4) is 11.3 Å². The van der Waals surface area contributed by atoms with Gasteiger partial charge in [-0.15, -0.1) is 0 Å². The molecule has 0 aliphatic carbocycles. The lowest BCUT2D eigenvalue weighted by Crippen LogP contribution is -2.30. The molecule has 2 rings (SSSR count). The van der Waals surface area contributed by atoms with Crippen LogP contribution in [-0.4, -0.2) is 14.9 Å². The van der Waals surface area contributed by atoms with Gasteiger partial charge in [0.15, 0.2) is 5.11 Å². The average Bonchev–Trinajstić information content (AvgIpc) is 2.69. The van der Waals surface area contributed by atoms with Crippen LogP contribution in [0.15, 0.2) is 35.1 Å². The number of hydrogen-bond acceptors (Lipinski definition) is 2. The van der Waals surface area contributed by atoms with Crippen molar-refractivity contribution in [1.82, 2.24) is 9.78 Å². The molecule has 0 radical (unpaired) electrons. The van der Waals surface area contributed by atoms with Crippen molar-refractivity contribution >= 4 is 17.3 Å². The second-order valence-corrected chi connectivity index (χ2v) is 4.48. The highest BCUT2D eigenvalue weighted by molar-refractivity contribution is 7.80. The first-order valence-electron chi connectivity index (χ1n) is 5.84. The fraction of sp³-hybridized carbons (Fsp3) is 0.231. The normalized spacial score (nSPS) is 10.5. The summed E-state index contributed by atoms with van der Waals surface area (Å²) in [6.07, 6.45) is 1.60. The van der Waals surface area contributed by atoms with Crippen LogP contribution >= 0.6 is 12.2 Å². The van der Waals surface area contributed by atoms with Gasteiger partial charge in [-0.1, -0.05) is 43.7 Å². The van der Waals surface area contributed by atoms with Gasteiger partial charge in [0.25, 0.3) is 5.56 Å². The predicted octanol–water partition coefficient (Wildman–Crippen LogP) is 1.89. The second-order valence-electron chi connectivity index (χ2n) is 4.06.